The molecule has 9 rings (SSSR count). The van der Waals surface area contributed by atoms with Crippen LogP contribution in [-0.4, -0.2) is 17.8 Å². The Morgan fingerprint density at radius 2 is 1.62 bits per heavy atom. The standard InChI is InChI=1S/C44H38ClN3/c45-35-26-24-34(25-27-35)44(38-18-10-9-17-37(38)40-36-16-8-7-11-29(36)21-28-39(40)44)33-22-19-32(20-23-33)43-47-41(30-12-3-1-4-13-30)46-42(48-43)31-14-5-2-6-15-31/h3,7-14,16-19,21-28,32,41H,1-2,4-6,15,20H2,(H,46,47,48). The Balaban J connectivity index is 1.15. The van der Waals surface area contributed by atoms with Gasteiger partial charge in [-0.05, 0) is 112 Å². The molecule has 1 aliphatic heterocycles. The van der Waals surface area contributed by atoms with Gasteiger partial charge in [0.15, 0.2) is 6.17 Å². The third-order valence-electron chi connectivity index (χ3n) is 10.8. The third kappa shape index (κ3) is 4.78. The fraction of sp³-hybridized carbons (Fsp3) is 0.227. The Bertz CT molecular complexity index is 2160. The van der Waals surface area contributed by atoms with Crippen molar-refractivity contribution < 1.29 is 0 Å². The van der Waals surface area contributed by atoms with E-state index in [9.17, 15) is 0 Å². The van der Waals surface area contributed by atoms with Gasteiger partial charge in [0, 0.05) is 10.9 Å². The molecule has 1 heterocycles. The topological polar surface area (TPSA) is 36.8 Å². The van der Waals surface area contributed by atoms with Gasteiger partial charge in [0.2, 0.25) is 0 Å². The van der Waals surface area contributed by atoms with Crippen molar-refractivity contribution in [1.82, 2.24) is 5.32 Å². The number of hydrogen-bond donors (Lipinski definition) is 1. The van der Waals surface area contributed by atoms with Crippen molar-refractivity contribution in [3.8, 4) is 11.1 Å². The first-order valence-electron chi connectivity index (χ1n) is 17.5. The van der Waals surface area contributed by atoms with Gasteiger partial charge >= 0.3 is 0 Å². The van der Waals surface area contributed by atoms with Crippen LogP contribution in [0.1, 0.15) is 61.6 Å². The first kappa shape index (κ1) is 29.4. The summed E-state index contributed by atoms with van der Waals surface area (Å²) in [5.74, 6) is 2.16. The van der Waals surface area contributed by atoms with Crippen LogP contribution in [0.3, 0.4) is 0 Å². The highest BCUT2D eigenvalue weighted by molar-refractivity contribution is 6.30. The number of aliphatic imine (C=N–C) groups is 2. The number of hydrogen-bond acceptors (Lipinski definition) is 3. The molecule has 1 N–H and O–H groups in total. The second kappa shape index (κ2) is 12.1. The molecule has 4 aliphatic carbocycles. The molecule has 3 unspecified atom stereocenters. The maximum absolute atomic E-state index is 6.50. The minimum absolute atomic E-state index is 0.133. The number of fused-ring (bicyclic) bond motifs is 5. The summed E-state index contributed by atoms with van der Waals surface area (Å²) in [6.45, 7) is 0. The molecule has 4 aromatic rings. The van der Waals surface area contributed by atoms with Gasteiger partial charge in [-0.2, -0.15) is 0 Å². The molecule has 0 aromatic heterocycles. The van der Waals surface area contributed by atoms with E-state index in [2.05, 4.69) is 121 Å². The van der Waals surface area contributed by atoms with Crippen molar-refractivity contribution in [3.63, 3.8) is 0 Å². The maximum Gasteiger partial charge on any atom is 0.169 e. The van der Waals surface area contributed by atoms with Crippen LogP contribution in [0, 0.1) is 5.92 Å². The largest absolute Gasteiger partial charge is 0.328 e. The second-order valence-corrected chi connectivity index (χ2v) is 14.0. The molecule has 4 aromatic carbocycles. The van der Waals surface area contributed by atoms with Gasteiger partial charge in [-0.15, -0.1) is 0 Å². The van der Waals surface area contributed by atoms with Crippen molar-refractivity contribution in [2.45, 2.75) is 56.5 Å². The highest BCUT2D eigenvalue weighted by Crippen LogP contribution is 2.58. The molecule has 0 amide bonds. The molecule has 0 saturated heterocycles. The predicted molar refractivity (Wildman–Crippen MR) is 201 cm³/mol. The number of allylic oxidation sites excluding steroid dienone is 6. The summed E-state index contributed by atoms with van der Waals surface area (Å²) in [6, 6.07) is 30.9. The number of nitrogens with one attached hydrogen (secondary N) is 1. The van der Waals surface area contributed by atoms with Gasteiger partial charge < -0.3 is 5.32 Å². The Morgan fingerprint density at radius 3 is 2.44 bits per heavy atom. The average molecular weight is 644 g/mol. The zero-order valence-corrected chi connectivity index (χ0v) is 27.8. The van der Waals surface area contributed by atoms with Crippen molar-refractivity contribution in [1.29, 1.82) is 0 Å². The Hall–Kier alpha value is -4.73. The molecule has 0 fully saturated rings. The zero-order valence-electron chi connectivity index (χ0n) is 27.0. The molecule has 3 atom stereocenters. The van der Waals surface area contributed by atoms with Crippen molar-refractivity contribution in [2.75, 3.05) is 0 Å². The first-order chi connectivity index (χ1) is 23.7. The Kier molecular flexibility index (Phi) is 7.39. The van der Waals surface area contributed by atoms with Crippen LogP contribution in [0.2, 0.25) is 5.02 Å². The third-order valence-corrected chi connectivity index (χ3v) is 11.0. The minimum atomic E-state index is -0.469. The van der Waals surface area contributed by atoms with Gasteiger partial charge in [0.1, 0.15) is 11.7 Å². The normalized spacial score (nSPS) is 24.5. The number of amidine groups is 2. The number of halogens is 1. The van der Waals surface area contributed by atoms with Crippen LogP contribution in [-0.2, 0) is 5.41 Å². The Labute approximate surface area is 287 Å². The summed E-state index contributed by atoms with van der Waals surface area (Å²) >= 11 is 6.50. The summed E-state index contributed by atoms with van der Waals surface area (Å²) < 4.78 is 0. The number of rotatable bonds is 5. The molecule has 0 spiro atoms. The summed E-state index contributed by atoms with van der Waals surface area (Å²) in [7, 11) is 0. The summed E-state index contributed by atoms with van der Waals surface area (Å²) in [5.41, 5.74) is 9.85. The van der Waals surface area contributed by atoms with E-state index in [4.69, 9.17) is 21.6 Å². The minimum Gasteiger partial charge on any atom is -0.328 e. The highest BCUT2D eigenvalue weighted by atomic mass is 35.5. The quantitative estimate of drug-likeness (QED) is 0.231. The molecule has 0 radical (unpaired) electrons. The fourth-order valence-corrected chi connectivity index (χ4v) is 8.61. The second-order valence-electron chi connectivity index (χ2n) is 13.5. The van der Waals surface area contributed by atoms with Crippen LogP contribution in [0.5, 0.6) is 0 Å². The number of benzene rings is 4. The van der Waals surface area contributed by atoms with E-state index >= 15 is 0 Å². The van der Waals surface area contributed by atoms with Gasteiger partial charge in [-0.1, -0.05) is 127 Å². The molecular weight excluding hydrogens is 606 g/mol. The van der Waals surface area contributed by atoms with E-state index in [1.165, 1.54) is 68.2 Å². The van der Waals surface area contributed by atoms with E-state index in [1.54, 1.807) is 0 Å². The zero-order chi connectivity index (χ0) is 32.1. The van der Waals surface area contributed by atoms with Gasteiger partial charge in [-0.3, -0.25) is 0 Å². The first-order valence-corrected chi connectivity index (χ1v) is 17.8. The predicted octanol–water partition coefficient (Wildman–Crippen LogP) is 10.8. The van der Waals surface area contributed by atoms with Gasteiger partial charge in [-0.25, -0.2) is 9.98 Å². The van der Waals surface area contributed by atoms with E-state index in [0.29, 0.717) is 0 Å². The molecule has 236 valence electrons. The average Bonchev–Trinajstić information content (AvgIpc) is 3.47. The molecule has 0 bridgehead atoms. The lowest BCUT2D eigenvalue weighted by atomic mass is 9.65. The number of nitrogens with zero attached hydrogens (tertiary/aromatic N) is 2. The summed E-state index contributed by atoms with van der Waals surface area (Å²) in [4.78, 5) is 10.4. The summed E-state index contributed by atoms with van der Waals surface area (Å²) in [5, 5.41) is 7.03. The van der Waals surface area contributed by atoms with E-state index in [0.717, 1.165) is 48.8 Å². The maximum atomic E-state index is 6.50. The van der Waals surface area contributed by atoms with Crippen LogP contribution in [0.15, 0.2) is 154 Å². The lowest BCUT2D eigenvalue weighted by molar-refractivity contribution is 0.700. The monoisotopic (exact) mass is 643 g/mol. The Morgan fingerprint density at radius 1 is 0.750 bits per heavy atom. The van der Waals surface area contributed by atoms with Crippen LogP contribution < -0.4 is 5.32 Å². The smallest absolute Gasteiger partial charge is 0.169 e. The lowest BCUT2D eigenvalue weighted by Crippen LogP contribution is -2.42. The molecule has 4 heteroatoms. The molecule has 3 nitrogen and oxygen atoms in total. The van der Waals surface area contributed by atoms with Crippen LogP contribution in [0.25, 0.3) is 21.9 Å². The lowest BCUT2D eigenvalue weighted by Gasteiger charge is -2.37. The van der Waals surface area contributed by atoms with Crippen molar-refractivity contribution in [3.05, 3.63) is 166 Å². The molecule has 5 aliphatic rings. The van der Waals surface area contributed by atoms with E-state index in [1.807, 2.05) is 12.1 Å². The van der Waals surface area contributed by atoms with Gasteiger partial charge in [0.25, 0.3) is 0 Å². The van der Waals surface area contributed by atoms with E-state index < -0.39 is 5.41 Å². The SMILES string of the molecule is Clc1ccc(C2(C3=CCC(C4=NC(C5=CCCC=C5)N=C(C5=CCCCC5)N4)C=C3)c3ccccc3-c3c2ccc2ccccc32)cc1. The fourth-order valence-electron chi connectivity index (χ4n) is 8.49. The van der Waals surface area contributed by atoms with Crippen LogP contribution >= 0.6 is 11.6 Å². The van der Waals surface area contributed by atoms with Crippen LogP contribution in [0.4, 0.5) is 0 Å². The van der Waals surface area contributed by atoms with E-state index in [-0.39, 0.29) is 12.1 Å². The highest BCUT2D eigenvalue weighted by Gasteiger charge is 2.47. The van der Waals surface area contributed by atoms with Crippen molar-refractivity contribution >= 4 is 34.0 Å². The molecule has 0 saturated carbocycles. The molecule has 48 heavy (non-hydrogen) atoms. The molecular formula is C44H38ClN3. The van der Waals surface area contributed by atoms with Crippen molar-refractivity contribution in [2.24, 2.45) is 15.9 Å². The summed E-state index contributed by atoms with van der Waals surface area (Å²) in [6.07, 6.45) is 23.8. The van der Waals surface area contributed by atoms with Gasteiger partial charge in [0.05, 0.1) is 5.41 Å².